The first kappa shape index (κ1) is 10.8. The third-order valence-corrected chi connectivity index (χ3v) is 3.33. The highest BCUT2D eigenvalue weighted by Crippen LogP contribution is 2.39. The summed E-state index contributed by atoms with van der Waals surface area (Å²) in [5, 5.41) is 14.0. The standard InChI is InChI=1S/C14H12N2O2/c1-7-6-9-4-3-5-10-11(9)12(8(7)2)16-13(15-10)14(17)18/h3-6H,1-2H3,(H,15,16)(H,17,18). The van der Waals surface area contributed by atoms with Crippen molar-refractivity contribution in [2.45, 2.75) is 13.8 Å². The van der Waals surface area contributed by atoms with Crippen molar-refractivity contribution in [3.8, 4) is 0 Å². The second kappa shape index (κ2) is 3.57. The molecule has 4 heteroatoms. The zero-order valence-electron chi connectivity index (χ0n) is 10.1. The van der Waals surface area contributed by atoms with E-state index in [1.165, 1.54) is 0 Å². The summed E-state index contributed by atoms with van der Waals surface area (Å²) in [6.07, 6.45) is 0. The molecule has 0 aliphatic carbocycles. The molecule has 0 saturated heterocycles. The first-order valence-electron chi connectivity index (χ1n) is 5.70. The van der Waals surface area contributed by atoms with E-state index < -0.39 is 5.97 Å². The Hall–Kier alpha value is -2.36. The number of hydrogen-bond acceptors (Lipinski definition) is 3. The van der Waals surface area contributed by atoms with Gasteiger partial charge in [-0.15, -0.1) is 0 Å². The number of carboxylic acids is 1. The Labute approximate surface area is 104 Å². The topological polar surface area (TPSA) is 61.7 Å². The molecule has 90 valence electrons. The van der Waals surface area contributed by atoms with Gasteiger partial charge >= 0.3 is 5.97 Å². The minimum Gasteiger partial charge on any atom is -0.475 e. The van der Waals surface area contributed by atoms with Gasteiger partial charge in [0.2, 0.25) is 5.84 Å². The van der Waals surface area contributed by atoms with Gasteiger partial charge in [0.15, 0.2) is 0 Å². The number of aryl methyl sites for hydroxylation is 1. The van der Waals surface area contributed by atoms with Gasteiger partial charge in [0.1, 0.15) is 0 Å². The molecule has 3 rings (SSSR count). The molecule has 0 amide bonds. The second-order valence-electron chi connectivity index (χ2n) is 4.46. The number of amidine groups is 1. The van der Waals surface area contributed by atoms with Crippen LogP contribution in [0.1, 0.15) is 11.1 Å². The number of benzene rings is 2. The van der Waals surface area contributed by atoms with Crippen molar-refractivity contribution in [1.29, 1.82) is 0 Å². The van der Waals surface area contributed by atoms with Crippen LogP contribution in [0, 0.1) is 13.8 Å². The highest BCUT2D eigenvalue weighted by atomic mass is 16.4. The normalized spacial score (nSPS) is 13.1. The zero-order chi connectivity index (χ0) is 12.9. The Kier molecular flexibility index (Phi) is 2.13. The van der Waals surface area contributed by atoms with Crippen LogP contribution < -0.4 is 5.32 Å². The summed E-state index contributed by atoms with van der Waals surface area (Å²) in [6, 6.07) is 7.89. The summed E-state index contributed by atoms with van der Waals surface area (Å²) < 4.78 is 0. The average Bonchev–Trinajstić information content (AvgIpc) is 2.35. The number of rotatable bonds is 1. The maximum Gasteiger partial charge on any atom is 0.371 e. The maximum atomic E-state index is 11.1. The monoisotopic (exact) mass is 240 g/mol. The van der Waals surface area contributed by atoms with E-state index in [0.29, 0.717) is 0 Å². The van der Waals surface area contributed by atoms with Gasteiger partial charge in [0.05, 0.1) is 5.69 Å². The summed E-state index contributed by atoms with van der Waals surface area (Å²) in [5.74, 6) is -1.07. The maximum absolute atomic E-state index is 11.1. The lowest BCUT2D eigenvalue weighted by Gasteiger charge is -2.19. The number of anilines is 1. The Morgan fingerprint density at radius 2 is 2.11 bits per heavy atom. The van der Waals surface area contributed by atoms with Crippen LogP contribution in [0.2, 0.25) is 0 Å². The van der Waals surface area contributed by atoms with E-state index in [4.69, 9.17) is 5.11 Å². The van der Waals surface area contributed by atoms with Gasteiger partial charge in [-0.3, -0.25) is 0 Å². The summed E-state index contributed by atoms with van der Waals surface area (Å²) in [7, 11) is 0. The first-order valence-corrected chi connectivity index (χ1v) is 5.70. The summed E-state index contributed by atoms with van der Waals surface area (Å²) in [5.41, 5.74) is 3.70. The number of aliphatic imine (C=N–C) groups is 1. The van der Waals surface area contributed by atoms with Crippen molar-refractivity contribution in [3.05, 3.63) is 35.4 Å². The van der Waals surface area contributed by atoms with Gasteiger partial charge in [0.25, 0.3) is 0 Å². The molecule has 2 aromatic rings. The van der Waals surface area contributed by atoms with Crippen LogP contribution in [0.5, 0.6) is 0 Å². The SMILES string of the molecule is Cc1cc2cccc3c2c(c1C)N=C(C(=O)O)N3. The molecular formula is C14H12N2O2. The number of nitrogens with one attached hydrogen (secondary N) is 1. The van der Waals surface area contributed by atoms with Gasteiger partial charge in [-0.05, 0) is 36.4 Å². The van der Waals surface area contributed by atoms with Crippen molar-refractivity contribution in [3.63, 3.8) is 0 Å². The fourth-order valence-electron chi connectivity index (χ4n) is 2.28. The molecule has 0 aromatic heterocycles. The van der Waals surface area contributed by atoms with Crippen LogP contribution >= 0.6 is 0 Å². The van der Waals surface area contributed by atoms with Gasteiger partial charge < -0.3 is 10.4 Å². The van der Waals surface area contributed by atoms with Gasteiger partial charge in [-0.1, -0.05) is 18.2 Å². The predicted octanol–water partition coefficient (Wildman–Crippen LogP) is 3.00. The van der Waals surface area contributed by atoms with Crippen molar-refractivity contribution >= 4 is 34.0 Å². The summed E-state index contributed by atoms with van der Waals surface area (Å²) in [6.45, 7) is 3.98. The molecule has 0 fully saturated rings. The Bertz CT molecular complexity index is 717. The van der Waals surface area contributed by atoms with E-state index >= 15 is 0 Å². The van der Waals surface area contributed by atoms with Crippen molar-refractivity contribution in [1.82, 2.24) is 0 Å². The van der Waals surface area contributed by atoms with Gasteiger partial charge in [-0.2, -0.15) is 0 Å². The van der Waals surface area contributed by atoms with Crippen LogP contribution in [-0.2, 0) is 4.79 Å². The van der Waals surface area contributed by atoms with Crippen LogP contribution in [0.3, 0.4) is 0 Å². The van der Waals surface area contributed by atoms with Crippen molar-refractivity contribution < 1.29 is 9.90 Å². The molecular weight excluding hydrogens is 228 g/mol. The lowest BCUT2D eigenvalue weighted by molar-refractivity contribution is -0.129. The second-order valence-corrected chi connectivity index (χ2v) is 4.46. The molecule has 0 atom stereocenters. The van der Waals surface area contributed by atoms with E-state index in [2.05, 4.69) is 16.4 Å². The Balaban J connectivity index is 2.44. The molecule has 2 aromatic carbocycles. The third kappa shape index (κ3) is 1.39. The van der Waals surface area contributed by atoms with Crippen LogP contribution in [0.15, 0.2) is 29.3 Å². The zero-order valence-corrected chi connectivity index (χ0v) is 10.1. The highest BCUT2D eigenvalue weighted by molar-refractivity contribution is 6.42. The fraction of sp³-hybridized carbons (Fsp3) is 0.143. The molecule has 1 heterocycles. The largest absolute Gasteiger partial charge is 0.475 e. The van der Waals surface area contributed by atoms with Gasteiger partial charge in [-0.25, -0.2) is 9.79 Å². The van der Waals surface area contributed by atoms with Crippen LogP contribution in [0.4, 0.5) is 11.4 Å². The minimum absolute atomic E-state index is 0.0244. The molecule has 18 heavy (non-hydrogen) atoms. The van der Waals surface area contributed by atoms with Gasteiger partial charge in [0, 0.05) is 11.1 Å². The molecule has 1 aliphatic rings. The van der Waals surface area contributed by atoms with Crippen molar-refractivity contribution in [2.24, 2.45) is 4.99 Å². The van der Waals surface area contributed by atoms with Crippen LogP contribution in [-0.4, -0.2) is 16.9 Å². The molecule has 2 N–H and O–H groups in total. The summed E-state index contributed by atoms with van der Waals surface area (Å²) >= 11 is 0. The number of carbonyl (C=O) groups is 1. The number of hydrogen-bond donors (Lipinski definition) is 2. The predicted molar refractivity (Wildman–Crippen MR) is 71.8 cm³/mol. The minimum atomic E-state index is -1.04. The molecule has 0 spiro atoms. The van der Waals surface area contributed by atoms with E-state index in [-0.39, 0.29) is 5.84 Å². The molecule has 0 saturated carbocycles. The van der Waals surface area contributed by atoms with E-state index in [1.807, 2.05) is 32.0 Å². The van der Waals surface area contributed by atoms with E-state index in [0.717, 1.165) is 33.3 Å². The Morgan fingerprint density at radius 3 is 2.83 bits per heavy atom. The number of carboxylic acid groups (broad SMARTS) is 1. The molecule has 1 aliphatic heterocycles. The summed E-state index contributed by atoms with van der Waals surface area (Å²) in [4.78, 5) is 15.3. The average molecular weight is 240 g/mol. The lowest BCUT2D eigenvalue weighted by atomic mass is 9.98. The van der Waals surface area contributed by atoms with Crippen molar-refractivity contribution in [2.75, 3.05) is 5.32 Å². The first-order chi connectivity index (χ1) is 8.58. The molecule has 0 radical (unpaired) electrons. The molecule has 4 nitrogen and oxygen atoms in total. The molecule has 0 unspecified atom stereocenters. The number of nitrogens with zero attached hydrogens (tertiary/aromatic N) is 1. The lowest BCUT2D eigenvalue weighted by Crippen LogP contribution is -2.24. The quantitative estimate of drug-likeness (QED) is 0.805. The van der Waals surface area contributed by atoms with E-state index in [1.54, 1.807) is 0 Å². The van der Waals surface area contributed by atoms with Crippen LogP contribution in [0.25, 0.3) is 10.8 Å². The fourth-order valence-corrected chi connectivity index (χ4v) is 2.28. The third-order valence-electron chi connectivity index (χ3n) is 3.33. The Morgan fingerprint density at radius 1 is 1.33 bits per heavy atom. The molecule has 0 bridgehead atoms. The number of aliphatic carboxylic acids is 1. The van der Waals surface area contributed by atoms with E-state index in [9.17, 15) is 4.79 Å². The smallest absolute Gasteiger partial charge is 0.371 e. The highest BCUT2D eigenvalue weighted by Gasteiger charge is 2.20.